The highest BCUT2D eigenvalue weighted by Gasteiger charge is 2.48. The molecule has 2 aliphatic carbocycles. The Morgan fingerprint density at radius 3 is 2.35 bits per heavy atom. The van der Waals surface area contributed by atoms with Crippen molar-refractivity contribution in [3.8, 4) is 0 Å². The van der Waals surface area contributed by atoms with E-state index in [-0.39, 0.29) is 30.6 Å². The number of halogens is 3. The largest absolute Gasteiger partial charge is 0.497 e. The van der Waals surface area contributed by atoms with Gasteiger partial charge in [0.2, 0.25) is 9.84 Å². The molecule has 1 fully saturated rings. The van der Waals surface area contributed by atoms with Gasteiger partial charge >= 0.3 is 11.5 Å². The van der Waals surface area contributed by atoms with Crippen LogP contribution < -0.4 is 0 Å². The lowest BCUT2D eigenvalue weighted by molar-refractivity contribution is -0.154. The first-order valence-electron chi connectivity index (χ1n) is 7.71. The molecule has 2 aliphatic rings. The van der Waals surface area contributed by atoms with Crippen LogP contribution in [-0.4, -0.2) is 31.2 Å². The fourth-order valence-corrected chi connectivity index (χ4v) is 4.15. The SMILES string of the molecule is CC(CCC(C)S(=O)(=O)C(F)(F)F)OC(=O)C1CC2C=CC1C2. The van der Waals surface area contributed by atoms with Crippen LogP contribution in [0.5, 0.6) is 0 Å². The van der Waals surface area contributed by atoms with Crippen LogP contribution in [-0.2, 0) is 19.4 Å². The van der Waals surface area contributed by atoms with Crippen LogP contribution in [0.3, 0.4) is 0 Å². The number of fused-ring (bicyclic) bond motifs is 2. The van der Waals surface area contributed by atoms with Gasteiger partial charge in [0.05, 0.1) is 17.3 Å². The second-order valence-electron chi connectivity index (χ2n) is 6.51. The van der Waals surface area contributed by atoms with Crippen LogP contribution in [0.1, 0.15) is 39.5 Å². The lowest BCUT2D eigenvalue weighted by Gasteiger charge is -2.21. The standard InChI is InChI=1S/C15H21F3O4S/c1-9(3-4-10(2)23(20,21)15(16,17)18)22-14(19)13-8-11-5-6-12(13)7-11/h5-6,9-13H,3-4,7-8H2,1-2H3. The summed E-state index contributed by atoms with van der Waals surface area (Å²) in [5.74, 6) is 0.110. The molecule has 0 amide bonds. The van der Waals surface area contributed by atoms with Crippen LogP contribution in [0.15, 0.2) is 12.2 Å². The summed E-state index contributed by atoms with van der Waals surface area (Å²) in [7, 11) is -5.17. The van der Waals surface area contributed by atoms with E-state index in [0.29, 0.717) is 5.92 Å². The Labute approximate surface area is 134 Å². The number of alkyl halides is 3. The van der Waals surface area contributed by atoms with Crippen molar-refractivity contribution >= 4 is 15.8 Å². The second-order valence-corrected chi connectivity index (χ2v) is 8.87. The average molecular weight is 354 g/mol. The lowest BCUT2D eigenvalue weighted by atomic mass is 9.94. The van der Waals surface area contributed by atoms with E-state index in [0.717, 1.165) is 19.8 Å². The third-order valence-corrected chi connectivity index (χ3v) is 6.67. The van der Waals surface area contributed by atoms with Crippen molar-refractivity contribution in [2.24, 2.45) is 17.8 Å². The molecule has 0 radical (unpaired) electrons. The molecule has 0 N–H and O–H groups in total. The number of ether oxygens (including phenoxy) is 1. The molecule has 0 aromatic carbocycles. The summed E-state index contributed by atoms with van der Waals surface area (Å²) < 4.78 is 65.1. The number of carbonyl (C=O) groups is 1. The highest BCUT2D eigenvalue weighted by Crippen LogP contribution is 2.44. The number of allylic oxidation sites excluding steroid dienone is 2. The minimum Gasteiger partial charge on any atom is -0.462 e. The van der Waals surface area contributed by atoms with Crippen LogP contribution in [0, 0.1) is 17.8 Å². The third-order valence-electron chi connectivity index (χ3n) is 4.73. The summed E-state index contributed by atoms with van der Waals surface area (Å²) in [6, 6.07) is 0. The fraction of sp³-hybridized carbons (Fsp3) is 0.800. The van der Waals surface area contributed by atoms with Crippen molar-refractivity contribution < 1.29 is 31.1 Å². The first-order valence-corrected chi connectivity index (χ1v) is 9.26. The van der Waals surface area contributed by atoms with Gasteiger partial charge < -0.3 is 4.74 Å². The number of hydrogen-bond acceptors (Lipinski definition) is 4. The molecule has 0 aliphatic heterocycles. The highest BCUT2D eigenvalue weighted by atomic mass is 32.2. The average Bonchev–Trinajstić information content (AvgIpc) is 3.05. The maximum absolute atomic E-state index is 12.4. The fourth-order valence-electron chi connectivity index (χ4n) is 3.25. The van der Waals surface area contributed by atoms with Gasteiger partial charge in [-0.25, -0.2) is 8.42 Å². The van der Waals surface area contributed by atoms with E-state index >= 15 is 0 Å². The molecule has 8 heteroatoms. The summed E-state index contributed by atoms with van der Waals surface area (Å²) in [4.78, 5) is 12.1. The molecular formula is C15H21F3O4S. The van der Waals surface area contributed by atoms with Gasteiger partial charge in [0.15, 0.2) is 0 Å². The number of sulfone groups is 1. The lowest BCUT2D eigenvalue weighted by Crippen LogP contribution is -2.33. The Morgan fingerprint density at radius 1 is 1.22 bits per heavy atom. The molecule has 2 rings (SSSR count). The van der Waals surface area contributed by atoms with Crippen LogP contribution in [0.25, 0.3) is 0 Å². The van der Waals surface area contributed by atoms with Crippen LogP contribution in [0.4, 0.5) is 13.2 Å². The second kappa shape index (κ2) is 6.45. The number of hydrogen-bond donors (Lipinski definition) is 0. The summed E-state index contributed by atoms with van der Waals surface area (Å²) in [6.45, 7) is 2.60. The molecular weight excluding hydrogens is 333 g/mol. The van der Waals surface area contributed by atoms with E-state index in [2.05, 4.69) is 6.08 Å². The zero-order chi connectivity index (χ0) is 17.4. The first-order chi connectivity index (χ1) is 10.5. The van der Waals surface area contributed by atoms with Crippen molar-refractivity contribution in [3.05, 3.63) is 12.2 Å². The van der Waals surface area contributed by atoms with Gasteiger partial charge in [-0.2, -0.15) is 13.2 Å². The van der Waals surface area contributed by atoms with Gasteiger partial charge in [0.25, 0.3) is 0 Å². The molecule has 4 nitrogen and oxygen atoms in total. The summed E-state index contributed by atoms with van der Waals surface area (Å²) in [6.07, 6.45) is 5.10. The maximum atomic E-state index is 12.4. The van der Waals surface area contributed by atoms with Gasteiger partial charge in [0.1, 0.15) is 0 Å². The molecule has 5 atom stereocenters. The molecule has 1 saturated carbocycles. The Kier molecular flexibility index (Phi) is 5.13. The van der Waals surface area contributed by atoms with E-state index in [9.17, 15) is 26.4 Å². The van der Waals surface area contributed by atoms with Crippen LogP contribution in [0.2, 0.25) is 0 Å². The van der Waals surface area contributed by atoms with Crippen molar-refractivity contribution in [1.82, 2.24) is 0 Å². The minimum atomic E-state index is -5.25. The quantitative estimate of drug-likeness (QED) is 0.543. The molecule has 0 aromatic heterocycles. The van der Waals surface area contributed by atoms with Crippen molar-refractivity contribution in [2.45, 2.75) is 56.4 Å². The van der Waals surface area contributed by atoms with E-state index < -0.39 is 26.7 Å². The number of carbonyl (C=O) groups excluding carboxylic acids is 1. The molecule has 0 spiro atoms. The van der Waals surface area contributed by atoms with Gasteiger partial charge in [-0.15, -0.1) is 0 Å². The zero-order valence-electron chi connectivity index (χ0n) is 13.0. The molecule has 132 valence electrons. The van der Waals surface area contributed by atoms with E-state index in [1.807, 2.05) is 6.08 Å². The van der Waals surface area contributed by atoms with Crippen molar-refractivity contribution in [1.29, 1.82) is 0 Å². The Morgan fingerprint density at radius 2 is 1.87 bits per heavy atom. The molecule has 2 bridgehead atoms. The summed E-state index contributed by atoms with van der Waals surface area (Å²) >= 11 is 0. The molecule has 5 unspecified atom stereocenters. The summed E-state index contributed by atoms with van der Waals surface area (Å²) in [5, 5.41) is -1.55. The zero-order valence-corrected chi connectivity index (χ0v) is 13.9. The van der Waals surface area contributed by atoms with Crippen LogP contribution >= 0.6 is 0 Å². The highest BCUT2D eigenvalue weighted by molar-refractivity contribution is 7.92. The topological polar surface area (TPSA) is 60.4 Å². The number of rotatable bonds is 6. The molecule has 0 saturated heterocycles. The van der Waals surface area contributed by atoms with Gasteiger partial charge in [-0.3, -0.25) is 4.79 Å². The maximum Gasteiger partial charge on any atom is 0.497 e. The van der Waals surface area contributed by atoms with E-state index in [4.69, 9.17) is 4.74 Å². The predicted molar refractivity (Wildman–Crippen MR) is 78.1 cm³/mol. The number of esters is 1. The molecule has 0 aromatic rings. The molecule has 23 heavy (non-hydrogen) atoms. The first kappa shape index (κ1) is 18.3. The normalized spacial score (nSPS) is 29.5. The monoisotopic (exact) mass is 354 g/mol. The Bertz CT molecular complexity index is 582. The third kappa shape index (κ3) is 3.89. The van der Waals surface area contributed by atoms with Crippen molar-refractivity contribution in [3.63, 3.8) is 0 Å². The Hall–Kier alpha value is -1.05. The Balaban J connectivity index is 1.80. The predicted octanol–water partition coefficient (Wildman–Crippen LogP) is 3.23. The van der Waals surface area contributed by atoms with Gasteiger partial charge in [0, 0.05) is 0 Å². The van der Waals surface area contributed by atoms with E-state index in [1.54, 1.807) is 6.92 Å². The van der Waals surface area contributed by atoms with Gasteiger partial charge in [-0.05, 0) is 51.4 Å². The summed E-state index contributed by atoms with van der Waals surface area (Å²) in [5.41, 5.74) is -5.25. The molecule has 0 heterocycles. The minimum absolute atomic E-state index is 0.0822. The van der Waals surface area contributed by atoms with Crippen molar-refractivity contribution in [2.75, 3.05) is 0 Å². The smallest absolute Gasteiger partial charge is 0.462 e. The van der Waals surface area contributed by atoms with Gasteiger partial charge in [-0.1, -0.05) is 12.2 Å². The van der Waals surface area contributed by atoms with E-state index in [1.165, 1.54) is 0 Å².